The second-order valence-corrected chi connectivity index (χ2v) is 4.86. The van der Waals surface area contributed by atoms with E-state index in [0.29, 0.717) is 13.0 Å². The van der Waals surface area contributed by atoms with Crippen LogP contribution in [0.15, 0.2) is 36.9 Å². The Labute approximate surface area is 124 Å². The summed E-state index contributed by atoms with van der Waals surface area (Å²) in [5.74, 6) is 0.889. The summed E-state index contributed by atoms with van der Waals surface area (Å²) in [7, 11) is 3.46. The van der Waals surface area contributed by atoms with Gasteiger partial charge in [-0.3, -0.25) is 9.48 Å². The van der Waals surface area contributed by atoms with Gasteiger partial charge in [0.2, 0.25) is 5.91 Å². The minimum Gasteiger partial charge on any atom is -0.497 e. The summed E-state index contributed by atoms with van der Waals surface area (Å²) in [4.78, 5) is 17.8. The first-order chi connectivity index (χ1) is 10.1. The van der Waals surface area contributed by atoms with Crippen LogP contribution in [-0.4, -0.2) is 39.7 Å². The number of aryl methyl sites for hydroxylation is 1. The van der Waals surface area contributed by atoms with E-state index in [1.165, 1.54) is 6.33 Å². The van der Waals surface area contributed by atoms with Gasteiger partial charge in [-0.2, -0.15) is 5.10 Å². The van der Waals surface area contributed by atoms with Crippen LogP contribution >= 0.6 is 0 Å². The third-order valence-electron chi connectivity index (χ3n) is 3.59. The molecule has 0 fully saturated rings. The fourth-order valence-corrected chi connectivity index (χ4v) is 2.06. The molecule has 1 heterocycles. The molecule has 0 aliphatic heterocycles. The zero-order valence-electron chi connectivity index (χ0n) is 12.6. The highest BCUT2D eigenvalue weighted by atomic mass is 16.5. The van der Waals surface area contributed by atoms with Crippen molar-refractivity contribution < 1.29 is 9.53 Å². The van der Waals surface area contributed by atoms with Gasteiger partial charge in [-0.1, -0.05) is 12.1 Å². The molecule has 2 rings (SSSR count). The summed E-state index contributed by atoms with van der Waals surface area (Å²) >= 11 is 0. The molecule has 0 saturated heterocycles. The van der Waals surface area contributed by atoms with Gasteiger partial charge in [0.1, 0.15) is 18.4 Å². The van der Waals surface area contributed by atoms with Gasteiger partial charge in [-0.05, 0) is 24.6 Å². The van der Waals surface area contributed by atoms with Crippen molar-refractivity contribution in [3.63, 3.8) is 0 Å². The molecule has 21 heavy (non-hydrogen) atoms. The zero-order chi connectivity index (χ0) is 15.2. The van der Waals surface area contributed by atoms with E-state index in [4.69, 9.17) is 4.74 Å². The highest BCUT2D eigenvalue weighted by Gasteiger charge is 2.17. The Morgan fingerprint density at radius 3 is 2.67 bits per heavy atom. The van der Waals surface area contributed by atoms with E-state index in [1.807, 2.05) is 38.2 Å². The van der Waals surface area contributed by atoms with Gasteiger partial charge in [-0.15, -0.1) is 0 Å². The van der Waals surface area contributed by atoms with Crippen LogP contribution in [0, 0.1) is 0 Å². The normalized spacial score (nSPS) is 12.0. The van der Waals surface area contributed by atoms with Gasteiger partial charge in [0.05, 0.1) is 19.7 Å². The molecule has 1 amide bonds. The van der Waals surface area contributed by atoms with E-state index < -0.39 is 0 Å². The lowest BCUT2D eigenvalue weighted by atomic mass is 10.1. The summed E-state index contributed by atoms with van der Waals surface area (Å²) in [5.41, 5.74) is 1.08. The monoisotopic (exact) mass is 288 g/mol. The van der Waals surface area contributed by atoms with Crippen molar-refractivity contribution in [2.24, 2.45) is 0 Å². The number of carbonyl (C=O) groups is 1. The summed E-state index contributed by atoms with van der Waals surface area (Å²) in [6.45, 7) is 2.55. The van der Waals surface area contributed by atoms with Gasteiger partial charge in [0.15, 0.2) is 0 Å². The molecular formula is C15H20N4O2. The maximum absolute atomic E-state index is 12.2. The Bertz CT molecular complexity index is 566. The van der Waals surface area contributed by atoms with Crippen molar-refractivity contribution in [3.05, 3.63) is 42.5 Å². The lowest BCUT2D eigenvalue weighted by Gasteiger charge is -2.25. The fraction of sp³-hybridized carbons (Fsp3) is 0.400. The average molecular weight is 288 g/mol. The maximum Gasteiger partial charge on any atom is 0.224 e. The molecule has 0 radical (unpaired) electrons. The fourth-order valence-electron chi connectivity index (χ4n) is 2.06. The van der Waals surface area contributed by atoms with Gasteiger partial charge >= 0.3 is 0 Å². The predicted molar refractivity (Wildman–Crippen MR) is 78.8 cm³/mol. The first-order valence-electron chi connectivity index (χ1n) is 6.84. The van der Waals surface area contributed by atoms with Crippen LogP contribution in [0.5, 0.6) is 5.75 Å². The van der Waals surface area contributed by atoms with Crippen LogP contribution in [0.1, 0.15) is 24.9 Å². The lowest BCUT2D eigenvalue weighted by Crippen LogP contribution is -2.30. The number of amides is 1. The minimum absolute atomic E-state index is 0.0131. The molecule has 0 spiro atoms. The number of carbonyl (C=O) groups excluding carboxylic acids is 1. The number of hydrogen-bond acceptors (Lipinski definition) is 4. The quantitative estimate of drug-likeness (QED) is 0.814. The van der Waals surface area contributed by atoms with Crippen LogP contribution in [0.25, 0.3) is 0 Å². The summed E-state index contributed by atoms with van der Waals surface area (Å²) in [5, 5.41) is 3.99. The average Bonchev–Trinajstić information content (AvgIpc) is 3.04. The van der Waals surface area contributed by atoms with Crippen LogP contribution in [0.4, 0.5) is 0 Å². The van der Waals surface area contributed by atoms with Crippen molar-refractivity contribution in [2.75, 3.05) is 14.2 Å². The van der Waals surface area contributed by atoms with Crippen LogP contribution < -0.4 is 4.74 Å². The smallest absolute Gasteiger partial charge is 0.224 e. The zero-order valence-corrected chi connectivity index (χ0v) is 12.6. The highest BCUT2D eigenvalue weighted by Crippen LogP contribution is 2.22. The predicted octanol–water partition coefficient (Wildman–Crippen LogP) is 1.90. The summed E-state index contributed by atoms with van der Waals surface area (Å²) in [6.07, 6.45) is 3.48. The summed E-state index contributed by atoms with van der Waals surface area (Å²) in [6, 6.07) is 7.77. The first kappa shape index (κ1) is 15.0. The molecule has 2 aromatic rings. The molecule has 1 unspecified atom stereocenters. The Morgan fingerprint density at radius 2 is 2.10 bits per heavy atom. The number of ether oxygens (including phenoxy) is 1. The van der Waals surface area contributed by atoms with E-state index >= 15 is 0 Å². The molecule has 0 bridgehead atoms. The van der Waals surface area contributed by atoms with Crippen LogP contribution in [0.2, 0.25) is 0 Å². The molecule has 1 atom stereocenters. The molecule has 0 aliphatic carbocycles. The number of benzene rings is 1. The maximum atomic E-state index is 12.2. The van der Waals surface area contributed by atoms with Crippen molar-refractivity contribution in [1.29, 1.82) is 0 Å². The van der Waals surface area contributed by atoms with Crippen LogP contribution in [0.3, 0.4) is 0 Å². The van der Waals surface area contributed by atoms with E-state index in [9.17, 15) is 4.79 Å². The Hall–Kier alpha value is -2.37. The number of nitrogens with zero attached hydrogens (tertiary/aromatic N) is 4. The largest absolute Gasteiger partial charge is 0.497 e. The van der Waals surface area contributed by atoms with E-state index in [1.54, 1.807) is 23.0 Å². The van der Waals surface area contributed by atoms with Crippen molar-refractivity contribution in [2.45, 2.75) is 25.9 Å². The molecule has 112 valence electrons. The molecule has 6 nitrogen and oxygen atoms in total. The van der Waals surface area contributed by atoms with Gasteiger partial charge < -0.3 is 9.64 Å². The Balaban J connectivity index is 1.93. The number of hydrogen-bond donors (Lipinski definition) is 0. The van der Waals surface area contributed by atoms with E-state index in [-0.39, 0.29) is 11.9 Å². The molecule has 1 aromatic carbocycles. The van der Waals surface area contributed by atoms with Crippen LogP contribution in [-0.2, 0) is 11.3 Å². The first-order valence-corrected chi connectivity index (χ1v) is 6.84. The molecule has 1 aromatic heterocycles. The standard InChI is InChI=1S/C15H20N4O2/c1-12(13-4-6-14(21-3)7-5-13)18(2)15(20)8-9-19-11-16-10-17-19/h4-7,10-12H,8-9H2,1-3H3. The second kappa shape index (κ2) is 6.88. The van der Waals surface area contributed by atoms with Crippen molar-refractivity contribution in [1.82, 2.24) is 19.7 Å². The molecule has 0 saturated carbocycles. The second-order valence-electron chi connectivity index (χ2n) is 4.86. The number of aromatic nitrogens is 3. The molecular weight excluding hydrogens is 268 g/mol. The molecule has 0 N–H and O–H groups in total. The number of rotatable bonds is 6. The van der Waals surface area contributed by atoms with E-state index in [2.05, 4.69) is 10.1 Å². The van der Waals surface area contributed by atoms with E-state index in [0.717, 1.165) is 11.3 Å². The van der Waals surface area contributed by atoms with Crippen molar-refractivity contribution >= 4 is 5.91 Å². The third kappa shape index (κ3) is 3.81. The Morgan fingerprint density at radius 1 is 1.38 bits per heavy atom. The van der Waals surface area contributed by atoms with Crippen molar-refractivity contribution in [3.8, 4) is 5.75 Å². The van der Waals surface area contributed by atoms with Gasteiger partial charge in [0, 0.05) is 13.5 Å². The third-order valence-corrected chi connectivity index (χ3v) is 3.59. The Kier molecular flexibility index (Phi) is 4.92. The number of methoxy groups -OCH3 is 1. The summed E-state index contributed by atoms with van der Waals surface area (Å²) < 4.78 is 6.80. The highest BCUT2D eigenvalue weighted by molar-refractivity contribution is 5.76. The topological polar surface area (TPSA) is 60.2 Å². The minimum atomic E-state index is 0.0131. The molecule has 6 heteroatoms. The SMILES string of the molecule is COc1ccc(C(C)N(C)C(=O)CCn2cncn2)cc1. The van der Waals surface area contributed by atoms with Gasteiger partial charge in [0.25, 0.3) is 0 Å². The molecule has 0 aliphatic rings. The van der Waals surface area contributed by atoms with Gasteiger partial charge in [-0.25, -0.2) is 4.98 Å². The lowest BCUT2D eigenvalue weighted by molar-refractivity contribution is -0.132.